The molecule has 0 aliphatic carbocycles. The molecular formula is C15H15BrN2O2. The first-order valence-corrected chi connectivity index (χ1v) is 7.03. The van der Waals surface area contributed by atoms with Crippen LogP contribution >= 0.6 is 15.9 Å². The van der Waals surface area contributed by atoms with E-state index in [0.29, 0.717) is 12.2 Å². The molecule has 104 valence electrons. The molecule has 0 bridgehead atoms. The van der Waals surface area contributed by atoms with Crippen molar-refractivity contribution in [2.75, 3.05) is 0 Å². The SMILES string of the molecule is C[C@@H](NCc1cccc(C(=O)O)n1)c1cccc(Br)c1. The smallest absolute Gasteiger partial charge is 0.354 e. The molecule has 0 amide bonds. The van der Waals surface area contributed by atoms with Gasteiger partial charge >= 0.3 is 5.97 Å². The van der Waals surface area contributed by atoms with Gasteiger partial charge in [-0.15, -0.1) is 0 Å². The summed E-state index contributed by atoms with van der Waals surface area (Å²) in [6.45, 7) is 2.58. The molecule has 4 nitrogen and oxygen atoms in total. The van der Waals surface area contributed by atoms with Crippen LogP contribution in [0.2, 0.25) is 0 Å². The molecule has 20 heavy (non-hydrogen) atoms. The highest BCUT2D eigenvalue weighted by atomic mass is 79.9. The standard InChI is InChI=1S/C15H15BrN2O2/c1-10(11-4-2-5-12(16)8-11)17-9-13-6-3-7-14(18-13)15(19)20/h2-8,10,17H,9H2,1H3,(H,19,20)/t10-/m1/s1. The zero-order valence-electron chi connectivity index (χ0n) is 11.0. The number of rotatable bonds is 5. The Morgan fingerprint density at radius 1 is 1.35 bits per heavy atom. The van der Waals surface area contributed by atoms with Gasteiger partial charge in [0.2, 0.25) is 0 Å². The number of carbonyl (C=O) groups is 1. The van der Waals surface area contributed by atoms with Crippen molar-refractivity contribution >= 4 is 21.9 Å². The van der Waals surface area contributed by atoms with Crippen molar-refractivity contribution in [3.05, 3.63) is 63.9 Å². The largest absolute Gasteiger partial charge is 0.477 e. The molecule has 1 atom stereocenters. The predicted molar refractivity (Wildman–Crippen MR) is 80.6 cm³/mol. The van der Waals surface area contributed by atoms with Gasteiger partial charge in [0.05, 0.1) is 5.69 Å². The highest BCUT2D eigenvalue weighted by molar-refractivity contribution is 9.10. The molecule has 0 saturated heterocycles. The topological polar surface area (TPSA) is 62.2 Å². The van der Waals surface area contributed by atoms with Crippen LogP contribution in [0, 0.1) is 0 Å². The lowest BCUT2D eigenvalue weighted by molar-refractivity contribution is 0.0690. The maximum absolute atomic E-state index is 10.9. The first-order chi connectivity index (χ1) is 9.56. The van der Waals surface area contributed by atoms with E-state index in [1.54, 1.807) is 6.07 Å². The molecule has 1 aromatic heterocycles. The maximum atomic E-state index is 10.9. The van der Waals surface area contributed by atoms with E-state index in [1.165, 1.54) is 6.07 Å². The van der Waals surface area contributed by atoms with Crippen molar-refractivity contribution in [3.63, 3.8) is 0 Å². The summed E-state index contributed by atoms with van der Waals surface area (Å²) >= 11 is 3.45. The average Bonchev–Trinajstić information content (AvgIpc) is 2.45. The third kappa shape index (κ3) is 3.88. The third-order valence-corrected chi connectivity index (χ3v) is 3.46. The summed E-state index contributed by atoms with van der Waals surface area (Å²) in [5.41, 5.74) is 1.94. The summed E-state index contributed by atoms with van der Waals surface area (Å²) in [5, 5.41) is 12.2. The Bertz CT molecular complexity index is 616. The van der Waals surface area contributed by atoms with E-state index >= 15 is 0 Å². The summed E-state index contributed by atoms with van der Waals surface area (Å²) in [6, 6.07) is 13.2. The van der Waals surface area contributed by atoms with Crippen molar-refractivity contribution in [2.45, 2.75) is 19.5 Å². The number of aromatic carboxylic acids is 1. The Hall–Kier alpha value is -1.72. The highest BCUT2D eigenvalue weighted by Gasteiger charge is 2.08. The molecule has 2 aromatic rings. The van der Waals surface area contributed by atoms with Crippen LogP contribution in [0.5, 0.6) is 0 Å². The first kappa shape index (κ1) is 14.7. The minimum absolute atomic E-state index is 0.0689. The molecular weight excluding hydrogens is 320 g/mol. The fraction of sp³-hybridized carbons (Fsp3) is 0.200. The number of nitrogens with zero attached hydrogens (tertiary/aromatic N) is 1. The fourth-order valence-corrected chi connectivity index (χ4v) is 2.27. The highest BCUT2D eigenvalue weighted by Crippen LogP contribution is 2.18. The molecule has 0 saturated carbocycles. The molecule has 2 rings (SSSR count). The van der Waals surface area contributed by atoms with E-state index in [1.807, 2.05) is 24.3 Å². The number of carboxylic acids is 1. The minimum atomic E-state index is -1.01. The molecule has 0 aliphatic rings. The van der Waals surface area contributed by atoms with Gasteiger partial charge in [-0.2, -0.15) is 0 Å². The van der Waals surface area contributed by atoms with Crippen LogP contribution in [0.4, 0.5) is 0 Å². The van der Waals surface area contributed by atoms with Gasteiger partial charge in [-0.1, -0.05) is 34.1 Å². The first-order valence-electron chi connectivity index (χ1n) is 6.24. The number of aromatic nitrogens is 1. The second-order valence-electron chi connectivity index (χ2n) is 4.48. The van der Waals surface area contributed by atoms with Crippen molar-refractivity contribution in [2.24, 2.45) is 0 Å². The number of hydrogen-bond donors (Lipinski definition) is 2. The lowest BCUT2D eigenvalue weighted by Gasteiger charge is -2.14. The van der Waals surface area contributed by atoms with Gasteiger partial charge in [-0.25, -0.2) is 9.78 Å². The monoisotopic (exact) mass is 334 g/mol. The molecule has 0 radical (unpaired) electrons. The Balaban J connectivity index is 2.01. The lowest BCUT2D eigenvalue weighted by Crippen LogP contribution is -2.19. The molecule has 2 N–H and O–H groups in total. The van der Waals surface area contributed by atoms with E-state index in [2.05, 4.69) is 39.2 Å². The van der Waals surface area contributed by atoms with Crippen molar-refractivity contribution in [1.82, 2.24) is 10.3 Å². The molecule has 0 spiro atoms. The van der Waals surface area contributed by atoms with E-state index in [4.69, 9.17) is 5.11 Å². The number of nitrogens with one attached hydrogen (secondary N) is 1. The number of benzene rings is 1. The van der Waals surface area contributed by atoms with E-state index < -0.39 is 5.97 Å². The molecule has 1 heterocycles. The Labute approximate surface area is 126 Å². The zero-order chi connectivity index (χ0) is 14.5. The predicted octanol–water partition coefficient (Wildman–Crippen LogP) is 3.39. The van der Waals surface area contributed by atoms with Gasteiger partial charge in [0, 0.05) is 17.1 Å². The Morgan fingerprint density at radius 2 is 2.10 bits per heavy atom. The van der Waals surface area contributed by atoms with Gasteiger partial charge in [0.25, 0.3) is 0 Å². The van der Waals surface area contributed by atoms with Gasteiger partial charge in [-0.3, -0.25) is 0 Å². The van der Waals surface area contributed by atoms with E-state index in [0.717, 1.165) is 10.0 Å². The van der Waals surface area contributed by atoms with Crippen molar-refractivity contribution < 1.29 is 9.90 Å². The Kier molecular flexibility index (Phi) is 4.87. The fourth-order valence-electron chi connectivity index (χ4n) is 1.85. The summed E-state index contributed by atoms with van der Waals surface area (Å²) in [6.07, 6.45) is 0. The number of hydrogen-bond acceptors (Lipinski definition) is 3. The van der Waals surface area contributed by atoms with Gasteiger partial charge < -0.3 is 10.4 Å². The van der Waals surface area contributed by atoms with Crippen LogP contribution in [-0.2, 0) is 6.54 Å². The maximum Gasteiger partial charge on any atom is 0.354 e. The van der Waals surface area contributed by atoms with Gasteiger partial charge in [0.1, 0.15) is 5.69 Å². The van der Waals surface area contributed by atoms with Crippen LogP contribution in [0.15, 0.2) is 46.9 Å². The number of pyridine rings is 1. The van der Waals surface area contributed by atoms with Gasteiger partial charge in [0.15, 0.2) is 0 Å². The summed E-state index contributed by atoms with van der Waals surface area (Å²) in [4.78, 5) is 14.9. The zero-order valence-corrected chi connectivity index (χ0v) is 12.6. The van der Waals surface area contributed by atoms with Crippen LogP contribution in [0.25, 0.3) is 0 Å². The number of carboxylic acid groups (broad SMARTS) is 1. The van der Waals surface area contributed by atoms with Crippen LogP contribution in [-0.4, -0.2) is 16.1 Å². The lowest BCUT2D eigenvalue weighted by atomic mass is 10.1. The molecule has 0 aliphatic heterocycles. The summed E-state index contributed by atoms with van der Waals surface area (Å²) in [7, 11) is 0. The van der Waals surface area contributed by atoms with Crippen LogP contribution < -0.4 is 5.32 Å². The molecule has 0 unspecified atom stereocenters. The number of halogens is 1. The van der Waals surface area contributed by atoms with Crippen LogP contribution in [0.1, 0.15) is 34.7 Å². The second kappa shape index (κ2) is 6.63. The van der Waals surface area contributed by atoms with Gasteiger partial charge in [-0.05, 0) is 36.8 Å². The molecule has 1 aromatic carbocycles. The summed E-state index contributed by atoms with van der Waals surface area (Å²) < 4.78 is 1.04. The van der Waals surface area contributed by atoms with Crippen LogP contribution in [0.3, 0.4) is 0 Å². The summed E-state index contributed by atoms with van der Waals surface area (Å²) in [5.74, 6) is -1.01. The van der Waals surface area contributed by atoms with E-state index in [9.17, 15) is 4.79 Å². The van der Waals surface area contributed by atoms with E-state index in [-0.39, 0.29) is 11.7 Å². The molecule has 0 fully saturated rings. The second-order valence-corrected chi connectivity index (χ2v) is 5.39. The minimum Gasteiger partial charge on any atom is -0.477 e. The quantitative estimate of drug-likeness (QED) is 0.879. The third-order valence-electron chi connectivity index (χ3n) is 2.96. The van der Waals surface area contributed by atoms with Crippen molar-refractivity contribution in [3.8, 4) is 0 Å². The Morgan fingerprint density at radius 3 is 2.80 bits per heavy atom. The molecule has 5 heteroatoms. The van der Waals surface area contributed by atoms with Crippen molar-refractivity contribution in [1.29, 1.82) is 0 Å². The average molecular weight is 335 g/mol. The normalized spacial score (nSPS) is 12.1.